The first-order valence-electron chi connectivity index (χ1n) is 5.65. The van der Waals surface area contributed by atoms with Gasteiger partial charge in [-0.2, -0.15) is 0 Å². The van der Waals surface area contributed by atoms with Crippen LogP contribution in [0.25, 0.3) is 0 Å². The van der Waals surface area contributed by atoms with E-state index in [1.54, 1.807) is 36.4 Å². The molecule has 4 nitrogen and oxygen atoms in total. The summed E-state index contributed by atoms with van der Waals surface area (Å²) in [6, 6.07) is 13.7. The van der Waals surface area contributed by atoms with Crippen LogP contribution >= 0.6 is 11.6 Å². The van der Waals surface area contributed by atoms with Crippen molar-refractivity contribution >= 4 is 27.3 Å². The van der Waals surface area contributed by atoms with Gasteiger partial charge >= 0.3 is 0 Å². The molecule has 0 saturated heterocycles. The minimum atomic E-state index is -3.58. The fourth-order valence-corrected chi connectivity index (χ4v) is 3.03. The first-order chi connectivity index (χ1) is 9.00. The van der Waals surface area contributed by atoms with Gasteiger partial charge < -0.3 is 5.73 Å². The van der Waals surface area contributed by atoms with Crippen LogP contribution in [0, 0.1) is 0 Å². The molecule has 19 heavy (non-hydrogen) atoms. The number of nitrogens with one attached hydrogen (secondary N) is 1. The number of rotatable bonds is 4. The van der Waals surface area contributed by atoms with Crippen LogP contribution in [-0.4, -0.2) is 8.42 Å². The highest BCUT2D eigenvalue weighted by molar-refractivity contribution is 7.89. The molecule has 0 amide bonds. The van der Waals surface area contributed by atoms with E-state index in [1.807, 2.05) is 6.07 Å². The molecule has 0 aliphatic carbocycles. The molecule has 2 aromatic carbocycles. The molecule has 0 fully saturated rings. The molecule has 0 heterocycles. The van der Waals surface area contributed by atoms with Gasteiger partial charge in [-0.25, -0.2) is 13.1 Å². The minimum absolute atomic E-state index is 0.149. The number of quaternary nitrogens is 1. The molecule has 4 N–H and O–H groups in total. The van der Waals surface area contributed by atoms with E-state index < -0.39 is 10.0 Å². The molecule has 2 rings (SSSR count). The van der Waals surface area contributed by atoms with Crippen molar-refractivity contribution in [3.05, 3.63) is 59.1 Å². The maximum Gasteiger partial charge on any atom is 0.246 e. The topological polar surface area (TPSA) is 73.8 Å². The summed E-state index contributed by atoms with van der Waals surface area (Å²) in [5, 5.41) is 0.535. The van der Waals surface area contributed by atoms with E-state index in [-0.39, 0.29) is 11.4 Å². The van der Waals surface area contributed by atoms with Gasteiger partial charge in [0.1, 0.15) is 10.6 Å². The number of halogens is 1. The highest BCUT2D eigenvalue weighted by Gasteiger charge is 2.18. The Morgan fingerprint density at radius 3 is 2.37 bits per heavy atom. The quantitative estimate of drug-likeness (QED) is 0.901. The molecule has 0 atom stereocenters. The fraction of sp³-hybridized carbons (Fsp3) is 0.0769. The first kappa shape index (κ1) is 14.0. The summed E-state index contributed by atoms with van der Waals surface area (Å²) in [7, 11) is -3.58. The lowest BCUT2D eigenvalue weighted by Crippen LogP contribution is -2.42. The third kappa shape index (κ3) is 3.33. The van der Waals surface area contributed by atoms with Gasteiger partial charge in [0.15, 0.2) is 0 Å². The van der Waals surface area contributed by atoms with Crippen LogP contribution in [0.3, 0.4) is 0 Å². The Hall–Kier alpha value is -1.40. The zero-order valence-corrected chi connectivity index (χ0v) is 11.7. The summed E-state index contributed by atoms with van der Waals surface area (Å²) in [5.74, 6) is 0. The summed E-state index contributed by atoms with van der Waals surface area (Å²) in [6.45, 7) is 0.149. The van der Waals surface area contributed by atoms with Crippen molar-refractivity contribution in [3.63, 3.8) is 0 Å². The largest absolute Gasteiger partial charge is 0.324 e. The number of hydrogen-bond acceptors (Lipinski definition) is 2. The zero-order valence-electron chi connectivity index (χ0n) is 10.1. The van der Waals surface area contributed by atoms with Crippen LogP contribution in [-0.2, 0) is 16.6 Å². The molecule has 6 heteroatoms. The minimum Gasteiger partial charge on any atom is -0.324 e. The zero-order chi connectivity index (χ0) is 13.9. The molecule has 0 unspecified atom stereocenters. The van der Waals surface area contributed by atoms with Crippen molar-refractivity contribution in [2.75, 3.05) is 0 Å². The van der Waals surface area contributed by atoms with E-state index in [9.17, 15) is 8.42 Å². The number of benzene rings is 2. The Balaban J connectivity index is 2.20. The maximum absolute atomic E-state index is 12.1. The van der Waals surface area contributed by atoms with Crippen LogP contribution in [0.1, 0.15) is 5.56 Å². The second-order valence-electron chi connectivity index (χ2n) is 4.02. The van der Waals surface area contributed by atoms with E-state index in [4.69, 9.17) is 11.6 Å². The average molecular weight is 298 g/mol. The highest BCUT2D eigenvalue weighted by Crippen LogP contribution is 2.18. The Morgan fingerprint density at radius 1 is 1.05 bits per heavy atom. The van der Waals surface area contributed by atoms with E-state index in [2.05, 4.69) is 10.5 Å². The molecule has 0 saturated carbocycles. The normalized spacial score (nSPS) is 11.5. The van der Waals surface area contributed by atoms with E-state index in [0.717, 1.165) is 5.56 Å². The van der Waals surface area contributed by atoms with Gasteiger partial charge in [0.05, 0.1) is 0 Å². The lowest BCUT2D eigenvalue weighted by atomic mass is 10.2. The third-order valence-corrected chi connectivity index (χ3v) is 4.54. The maximum atomic E-state index is 12.1. The monoisotopic (exact) mass is 297 g/mol. The molecule has 0 bridgehead atoms. The van der Waals surface area contributed by atoms with Gasteiger partial charge in [-0.15, -0.1) is 0 Å². The summed E-state index contributed by atoms with van der Waals surface area (Å²) in [4.78, 5) is 0.182. The molecule has 0 aliphatic rings. The van der Waals surface area contributed by atoms with Gasteiger partial charge in [-0.1, -0.05) is 41.9 Å². The van der Waals surface area contributed by atoms with Crippen LogP contribution in [0.2, 0.25) is 5.02 Å². The van der Waals surface area contributed by atoms with Gasteiger partial charge in [-0.3, -0.25) is 0 Å². The van der Waals surface area contributed by atoms with E-state index in [0.29, 0.717) is 10.7 Å². The van der Waals surface area contributed by atoms with Crippen molar-refractivity contribution in [2.45, 2.75) is 11.4 Å². The Kier molecular flexibility index (Phi) is 4.21. The summed E-state index contributed by atoms with van der Waals surface area (Å²) in [5.41, 5.74) is 4.91. The van der Waals surface area contributed by atoms with Gasteiger partial charge in [0.25, 0.3) is 0 Å². The summed E-state index contributed by atoms with van der Waals surface area (Å²) >= 11 is 5.98. The van der Waals surface area contributed by atoms with Crippen molar-refractivity contribution in [2.24, 2.45) is 0 Å². The Bertz CT molecular complexity index is 687. The number of sulfonamides is 1. The van der Waals surface area contributed by atoms with Crippen molar-refractivity contribution in [3.8, 4) is 0 Å². The molecule has 0 aromatic heterocycles. The van der Waals surface area contributed by atoms with Gasteiger partial charge in [0, 0.05) is 17.6 Å². The Labute approximate surface area is 117 Å². The second kappa shape index (κ2) is 5.71. The molecular weight excluding hydrogens is 284 g/mol. The predicted octanol–water partition coefficient (Wildman–Crippen LogP) is 1.69. The van der Waals surface area contributed by atoms with Gasteiger partial charge in [0.2, 0.25) is 10.0 Å². The summed E-state index contributed by atoms with van der Waals surface area (Å²) in [6.07, 6.45) is 0. The Morgan fingerprint density at radius 2 is 1.68 bits per heavy atom. The highest BCUT2D eigenvalue weighted by atomic mass is 35.5. The third-order valence-electron chi connectivity index (χ3n) is 2.67. The molecule has 100 valence electrons. The lowest BCUT2D eigenvalue weighted by molar-refractivity contribution is -0.258. The fourth-order valence-electron chi connectivity index (χ4n) is 1.66. The van der Waals surface area contributed by atoms with Gasteiger partial charge in [-0.05, 0) is 17.7 Å². The molecule has 0 spiro atoms. The lowest BCUT2D eigenvalue weighted by Gasteiger charge is -2.08. The molecular formula is C13H14ClN2O2S+. The van der Waals surface area contributed by atoms with Crippen LogP contribution < -0.4 is 10.5 Å². The SMILES string of the molecule is [NH3+]c1ccccc1S(=O)(=O)NCc1ccccc1Cl. The summed E-state index contributed by atoms with van der Waals surface area (Å²) < 4.78 is 26.8. The van der Waals surface area contributed by atoms with Crippen LogP contribution in [0.4, 0.5) is 5.69 Å². The molecule has 0 aliphatic heterocycles. The van der Waals surface area contributed by atoms with E-state index in [1.165, 1.54) is 6.07 Å². The predicted molar refractivity (Wildman–Crippen MR) is 74.5 cm³/mol. The van der Waals surface area contributed by atoms with Crippen molar-refractivity contribution < 1.29 is 14.2 Å². The van der Waals surface area contributed by atoms with Crippen molar-refractivity contribution in [1.29, 1.82) is 0 Å². The second-order valence-corrected chi connectivity index (χ2v) is 6.17. The first-order valence-corrected chi connectivity index (χ1v) is 7.51. The standard InChI is InChI=1S/C13H13ClN2O2S/c14-11-6-2-1-5-10(11)9-16-19(17,18)13-8-4-3-7-12(13)15/h1-8,16H,9,15H2/p+1. The van der Waals surface area contributed by atoms with Crippen LogP contribution in [0.15, 0.2) is 53.4 Å². The number of hydrogen-bond donors (Lipinski definition) is 2. The van der Waals surface area contributed by atoms with E-state index >= 15 is 0 Å². The molecule has 0 radical (unpaired) electrons. The smallest absolute Gasteiger partial charge is 0.246 e. The van der Waals surface area contributed by atoms with Crippen LogP contribution in [0.5, 0.6) is 0 Å². The molecule has 2 aromatic rings. The average Bonchev–Trinajstić information content (AvgIpc) is 2.38. The van der Waals surface area contributed by atoms with Crippen molar-refractivity contribution in [1.82, 2.24) is 4.72 Å².